The van der Waals surface area contributed by atoms with E-state index in [-0.39, 0.29) is 0 Å². The average molecular weight is 226 g/mol. The number of β-amino-alcohol motifs (C(OH)–C–C–N with tert-alkyl or cyclic N) is 1. The summed E-state index contributed by atoms with van der Waals surface area (Å²) in [5, 5.41) is 13.5. The molecule has 94 valence electrons. The molecule has 2 fully saturated rings. The summed E-state index contributed by atoms with van der Waals surface area (Å²) in [4.78, 5) is 2.46. The molecule has 16 heavy (non-hydrogen) atoms. The number of rotatable bonds is 3. The molecule has 2 rings (SSSR count). The molecular formula is C13H26N2O. The third-order valence-corrected chi connectivity index (χ3v) is 4.28. The van der Waals surface area contributed by atoms with Crippen molar-refractivity contribution in [1.29, 1.82) is 0 Å². The van der Waals surface area contributed by atoms with Gasteiger partial charge < -0.3 is 15.3 Å². The van der Waals surface area contributed by atoms with E-state index < -0.39 is 5.60 Å². The lowest BCUT2D eigenvalue weighted by Gasteiger charge is -2.38. The van der Waals surface area contributed by atoms with Gasteiger partial charge in [0.25, 0.3) is 0 Å². The lowest BCUT2D eigenvalue weighted by Crippen LogP contribution is -2.49. The second-order valence-corrected chi connectivity index (χ2v) is 5.92. The molecule has 1 aliphatic carbocycles. The quantitative estimate of drug-likeness (QED) is 0.759. The highest BCUT2D eigenvalue weighted by atomic mass is 16.3. The fourth-order valence-corrected chi connectivity index (χ4v) is 3.45. The van der Waals surface area contributed by atoms with Gasteiger partial charge in [0.2, 0.25) is 0 Å². The molecule has 0 amide bonds. The zero-order valence-electron chi connectivity index (χ0n) is 10.7. The molecule has 0 bridgehead atoms. The number of hydrogen-bond donors (Lipinski definition) is 2. The average Bonchev–Trinajstić information content (AvgIpc) is 2.63. The lowest BCUT2D eigenvalue weighted by molar-refractivity contribution is -0.0205. The highest BCUT2D eigenvalue weighted by molar-refractivity contribution is 4.88. The Hall–Kier alpha value is -0.120. The van der Waals surface area contributed by atoms with Gasteiger partial charge in [0, 0.05) is 19.1 Å². The standard InChI is InChI=1S/C13H26N2O/c1-13(16)7-4-8-15(10-13)9-11-5-3-6-12(11)14-2/h11-12,14,16H,3-10H2,1-2H3. The van der Waals surface area contributed by atoms with Crippen LogP contribution in [0, 0.1) is 5.92 Å². The summed E-state index contributed by atoms with van der Waals surface area (Å²) in [5.41, 5.74) is -0.452. The third kappa shape index (κ3) is 2.96. The molecular weight excluding hydrogens is 200 g/mol. The molecule has 2 aliphatic rings. The van der Waals surface area contributed by atoms with E-state index in [2.05, 4.69) is 17.3 Å². The van der Waals surface area contributed by atoms with E-state index in [0.29, 0.717) is 6.04 Å². The third-order valence-electron chi connectivity index (χ3n) is 4.28. The number of hydrogen-bond acceptors (Lipinski definition) is 3. The van der Waals surface area contributed by atoms with E-state index in [9.17, 15) is 5.11 Å². The van der Waals surface area contributed by atoms with Crippen molar-refractivity contribution in [2.24, 2.45) is 5.92 Å². The number of aliphatic hydroxyl groups is 1. The Morgan fingerprint density at radius 1 is 1.38 bits per heavy atom. The van der Waals surface area contributed by atoms with Gasteiger partial charge in [-0.25, -0.2) is 0 Å². The smallest absolute Gasteiger partial charge is 0.0746 e. The van der Waals surface area contributed by atoms with Crippen molar-refractivity contribution >= 4 is 0 Å². The predicted molar refractivity (Wildman–Crippen MR) is 66.5 cm³/mol. The van der Waals surface area contributed by atoms with Gasteiger partial charge >= 0.3 is 0 Å². The molecule has 0 spiro atoms. The maximum absolute atomic E-state index is 10.1. The molecule has 3 unspecified atom stereocenters. The van der Waals surface area contributed by atoms with Crippen molar-refractivity contribution in [3.8, 4) is 0 Å². The second kappa shape index (κ2) is 5.03. The zero-order chi connectivity index (χ0) is 11.6. The lowest BCUT2D eigenvalue weighted by atomic mass is 9.93. The summed E-state index contributed by atoms with van der Waals surface area (Å²) < 4.78 is 0. The molecule has 1 saturated carbocycles. The molecule has 0 aromatic heterocycles. The van der Waals surface area contributed by atoms with Crippen LogP contribution in [-0.2, 0) is 0 Å². The van der Waals surface area contributed by atoms with Crippen molar-refractivity contribution in [2.45, 2.75) is 50.7 Å². The van der Waals surface area contributed by atoms with Crippen LogP contribution in [0.2, 0.25) is 0 Å². The number of nitrogens with one attached hydrogen (secondary N) is 1. The Balaban J connectivity index is 1.84. The molecule has 2 N–H and O–H groups in total. The van der Waals surface area contributed by atoms with Crippen LogP contribution in [0.3, 0.4) is 0 Å². The van der Waals surface area contributed by atoms with E-state index in [1.165, 1.54) is 32.4 Å². The molecule has 1 saturated heterocycles. The van der Waals surface area contributed by atoms with Crippen LogP contribution >= 0.6 is 0 Å². The second-order valence-electron chi connectivity index (χ2n) is 5.92. The first-order chi connectivity index (χ1) is 7.61. The summed E-state index contributed by atoms with van der Waals surface area (Å²) in [6.07, 6.45) is 6.14. The number of nitrogens with zero attached hydrogens (tertiary/aromatic N) is 1. The molecule has 3 nitrogen and oxygen atoms in total. The molecule has 1 heterocycles. The fraction of sp³-hybridized carbons (Fsp3) is 1.00. The van der Waals surface area contributed by atoms with Crippen molar-refractivity contribution in [1.82, 2.24) is 10.2 Å². The van der Waals surface area contributed by atoms with Crippen LogP contribution in [0.1, 0.15) is 39.0 Å². The minimum Gasteiger partial charge on any atom is -0.389 e. The van der Waals surface area contributed by atoms with Crippen LogP contribution in [-0.4, -0.2) is 48.3 Å². The Labute approximate surface area is 99.2 Å². The number of likely N-dealkylation sites (tertiary alicyclic amines) is 1. The van der Waals surface area contributed by atoms with Gasteiger partial charge in [-0.3, -0.25) is 0 Å². The van der Waals surface area contributed by atoms with Crippen molar-refractivity contribution in [2.75, 3.05) is 26.7 Å². The SMILES string of the molecule is CNC1CCCC1CN1CCCC(C)(O)C1. The highest BCUT2D eigenvalue weighted by Gasteiger charge is 2.32. The Kier molecular flexibility index (Phi) is 3.88. The van der Waals surface area contributed by atoms with Gasteiger partial charge in [0.1, 0.15) is 0 Å². The number of piperidine rings is 1. The van der Waals surface area contributed by atoms with E-state index >= 15 is 0 Å². The molecule has 3 atom stereocenters. The normalized spacial score (nSPS) is 41.4. The van der Waals surface area contributed by atoms with Gasteiger partial charge in [0.05, 0.1) is 5.60 Å². The topological polar surface area (TPSA) is 35.5 Å². The van der Waals surface area contributed by atoms with Crippen molar-refractivity contribution in [3.05, 3.63) is 0 Å². The van der Waals surface area contributed by atoms with Crippen LogP contribution in [0.15, 0.2) is 0 Å². The Bertz CT molecular complexity index is 230. The molecule has 0 aromatic rings. The van der Waals surface area contributed by atoms with E-state index in [1.807, 2.05) is 6.92 Å². The summed E-state index contributed by atoms with van der Waals surface area (Å²) >= 11 is 0. The molecule has 3 heteroatoms. The minimum absolute atomic E-state index is 0.452. The molecule has 1 aliphatic heterocycles. The largest absolute Gasteiger partial charge is 0.389 e. The summed E-state index contributed by atoms with van der Waals surface area (Å²) in [6, 6.07) is 0.701. The van der Waals surface area contributed by atoms with Crippen LogP contribution in [0.25, 0.3) is 0 Å². The highest BCUT2D eigenvalue weighted by Crippen LogP contribution is 2.28. The van der Waals surface area contributed by atoms with E-state index in [4.69, 9.17) is 0 Å². The Morgan fingerprint density at radius 3 is 2.88 bits per heavy atom. The van der Waals surface area contributed by atoms with E-state index in [1.54, 1.807) is 0 Å². The van der Waals surface area contributed by atoms with Gasteiger partial charge in [-0.2, -0.15) is 0 Å². The van der Waals surface area contributed by atoms with Crippen LogP contribution in [0.4, 0.5) is 0 Å². The molecule has 0 radical (unpaired) electrons. The first-order valence-corrected chi connectivity index (χ1v) is 6.73. The maximum Gasteiger partial charge on any atom is 0.0746 e. The first kappa shape index (κ1) is 12.3. The minimum atomic E-state index is -0.452. The van der Waals surface area contributed by atoms with Crippen LogP contribution < -0.4 is 5.32 Å². The van der Waals surface area contributed by atoms with Gasteiger partial charge in [-0.1, -0.05) is 6.42 Å². The van der Waals surface area contributed by atoms with Gasteiger partial charge in [-0.05, 0) is 52.1 Å². The summed E-state index contributed by atoms with van der Waals surface area (Å²) in [7, 11) is 2.08. The molecule has 0 aromatic carbocycles. The first-order valence-electron chi connectivity index (χ1n) is 6.73. The monoisotopic (exact) mass is 226 g/mol. The van der Waals surface area contributed by atoms with Gasteiger partial charge in [-0.15, -0.1) is 0 Å². The van der Waals surface area contributed by atoms with Crippen molar-refractivity contribution < 1.29 is 5.11 Å². The summed E-state index contributed by atoms with van der Waals surface area (Å²) in [6.45, 7) is 5.17. The van der Waals surface area contributed by atoms with E-state index in [0.717, 1.165) is 25.3 Å². The van der Waals surface area contributed by atoms with Crippen molar-refractivity contribution in [3.63, 3.8) is 0 Å². The Morgan fingerprint density at radius 2 is 2.19 bits per heavy atom. The van der Waals surface area contributed by atoms with Gasteiger partial charge in [0.15, 0.2) is 0 Å². The zero-order valence-corrected chi connectivity index (χ0v) is 10.7. The fourth-order valence-electron chi connectivity index (χ4n) is 3.45. The summed E-state index contributed by atoms with van der Waals surface area (Å²) in [5.74, 6) is 0.791. The predicted octanol–water partition coefficient (Wildman–Crippen LogP) is 1.22. The maximum atomic E-state index is 10.1. The van der Waals surface area contributed by atoms with Crippen LogP contribution in [0.5, 0.6) is 0 Å².